The molecule has 0 aliphatic heterocycles. The molecule has 7 heteroatoms. The van der Waals surface area contributed by atoms with E-state index in [0.717, 1.165) is 18.3 Å². The predicted octanol–water partition coefficient (Wildman–Crippen LogP) is 3.32. The van der Waals surface area contributed by atoms with Crippen LogP contribution in [0.15, 0.2) is 18.3 Å². The van der Waals surface area contributed by atoms with Crippen LogP contribution in [0.5, 0.6) is 0 Å². The predicted molar refractivity (Wildman–Crippen MR) is 54.2 cm³/mol. The van der Waals surface area contributed by atoms with Crippen molar-refractivity contribution in [2.45, 2.75) is 0 Å². The van der Waals surface area contributed by atoms with E-state index in [4.69, 9.17) is 5.26 Å². The lowest BCUT2D eigenvalue weighted by molar-refractivity contribution is 0.381. The second kappa shape index (κ2) is 4.65. The standard InChI is InChI=1S/C12H3F5N2/c13-8-7(6-2-1-5(3-18)4-19-6)9(14)11(16)12(17)10(8)15/h1-2,4H. The Bertz CT molecular complexity index is 660. The van der Waals surface area contributed by atoms with Gasteiger partial charge in [-0.2, -0.15) is 5.26 Å². The van der Waals surface area contributed by atoms with Gasteiger partial charge in [0.2, 0.25) is 5.82 Å². The summed E-state index contributed by atoms with van der Waals surface area (Å²) in [5, 5.41) is 8.53. The van der Waals surface area contributed by atoms with E-state index in [1.165, 1.54) is 0 Å². The van der Waals surface area contributed by atoms with Crippen LogP contribution in [0.2, 0.25) is 0 Å². The third kappa shape index (κ3) is 2.01. The Balaban J connectivity index is 2.72. The molecule has 0 atom stereocenters. The van der Waals surface area contributed by atoms with E-state index in [1.807, 2.05) is 0 Å². The van der Waals surface area contributed by atoms with Crippen LogP contribution < -0.4 is 0 Å². The number of hydrogen-bond donors (Lipinski definition) is 0. The van der Waals surface area contributed by atoms with Gasteiger partial charge in [-0.3, -0.25) is 4.98 Å². The molecule has 1 aromatic carbocycles. The molecule has 0 saturated carbocycles. The van der Waals surface area contributed by atoms with E-state index in [9.17, 15) is 22.0 Å². The van der Waals surface area contributed by atoms with Crippen molar-refractivity contribution in [3.63, 3.8) is 0 Å². The van der Waals surface area contributed by atoms with Crippen molar-refractivity contribution in [2.75, 3.05) is 0 Å². The minimum atomic E-state index is -2.23. The van der Waals surface area contributed by atoms with Crippen LogP contribution in [0.4, 0.5) is 22.0 Å². The van der Waals surface area contributed by atoms with Gasteiger partial charge in [0.1, 0.15) is 6.07 Å². The van der Waals surface area contributed by atoms with Crippen LogP contribution >= 0.6 is 0 Å². The molecule has 0 bridgehead atoms. The normalized spacial score (nSPS) is 10.3. The van der Waals surface area contributed by atoms with Gasteiger partial charge < -0.3 is 0 Å². The first-order chi connectivity index (χ1) is 8.97. The summed E-state index contributed by atoms with van der Waals surface area (Å²) in [6.45, 7) is 0. The summed E-state index contributed by atoms with van der Waals surface area (Å²) in [5.74, 6) is -10.2. The third-order valence-electron chi connectivity index (χ3n) is 2.36. The Labute approximate surface area is 103 Å². The summed E-state index contributed by atoms with van der Waals surface area (Å²) < 4.78 is 65.7. The van der Waals surface area contributed by atoms with Gasteiger partial charge in [-0.05, 0) is 12.1 Å². The van der Waals surface area contributed by atoms with Crippen LogP contribution in [0.25, 0.3) is 11.3 Å². The number of aromatic nitrogens is 1. The van der Waals surface area contributed by atoms with E-state index in [0.29, 0.717) is 0 Å². The Morgan fingerprint density at radius 3 is 1.79 bits per heavy atom. The number of halogens is 5. The van der Waals surface area contributed by atoms with Gasteiger partial charge in [-0.15, -0.1) is 0 Å². The van der Waals surface area contributed by atoms with E-state index < -0.39 is 40.3 Å². The summed E-state index contributed by atoms with van der Waals surface area (Å²) in [5.41, 5.74) is -1.49. The summed E-state index contributed by atoms with van der Waals surface area (Å²) in [6.07, 6.45) is 0.966. The fourth-order valence-corrected chi connectivity index (χ4v) is 1.44. The van der Waals surface area contributed by atoms with Crippen LogP contribution in [0.1, 0.15) is 5.56 Å². The van der Waals surface area contributed by atoms with Gasteiger partial charge >= 0.3 is 0 Å². The average molecular weight is 270 g/mol. The van der Waals surface area contributed by atoms with E-state index >= 15 is 0 Å². The molecular weight excluding hydrogens is 267 g/mol. The first kappa shape index (κ1) is 13.0. The van der Waals surface area contributed by atoms with Crippen molar-refractivity contribution in [1.29, 1.82) is 5.26 Å². The van der Waals surface area contributed by atoms with Crippen molar-refractivity contribution >= 4 is 0 Å². The van der Waals surface area contributed by atoms with Crippen LogP contribution in [0, 0.1) is 40.4 Å². The molecule has 0 aliphatic carbocycles. The fraction of sp³-hybridized carbons (Fsp3) is 0. The van der Waals surface area contributed by atoms with Crippen LogP contribution in [0.3, 0.4) is 0 Å². The molecule has 1 aromatic heterocycles. The maximum Gasteiger partial charge on any atom is 0.200 e. The molecular formula is C12H3F5N2. The Kier molecular flexibility index (Phi) is 3.17. The molecule has 19 heavy (non-hydrogen) atoms. The highest BCUT2D eigenvalue weighted by Gasteiger charge is 2.27. The van der Waals surface area contributed by atoms with Gasteiger partial charge in [0.05, 0.1) is 16.8 Å². The summed E-state index contributed by atoms with van der Waals surface area (Å²) >= 11 is 0. The van der Waals surface area contributed by atoms with Crippen LogP contribution in [-0.4, -0.2) is 4.98 Å². The maximum absolute atomic E-state index is 13.4. The summed E-state index contributed by atoms with van der Waals surface area (Å²) in [7, 11) is 0. The van der Waals surface area contributed by atoms with Gasteiger partial charge in [-0.1, -0.05) is 0 Å². The monoisotopic (exact) mass is 270 g/mol. The largest absolute Gasteiger partial charge is 0.255 e. The molecule has 0 unspecified atom stereocenters. The molecule has 1 heterocycles. The molecule has 0 spiro atoms. The number of nitrogens with zero attached hydrogens (tertiary/aromatic N) is 2. The second-order valence-electron chi connectivity index (χ2n) is 3.49. The van der Waals surface area contributed by atoms with E-state index in [-0.39, 0.29) is 5.56 Å². The molecule has 0 fully saturated rings. The molecule has 2 nitrogen and oxygen atoms in total. The van der Waals surface area contributed by atoms with Crippen molar-refractivity contribution < 1.29 is 22.0 Å². The van der Waals surface area contributed by atoms with Crippen LogP contribution in [-0.2, 0) is 0 Å². The Morgan fingerprint density at radius 1 is 0.842 bits per heavy atom. The second-order valence-corrected chi connectivity index (χ2v) is 3.49. The Hall–Kier alpha value is -2.49. The quantitative estimate of drug-likeness (QED) is 0.453. The zero-order chi connectivity index (χ0) is 14.2. The van der Waals surface area contributed by atoms with E-state index in [1.54, 1.807) is 6.07 Å². The topological polar surface area (TPSA) is 36.7 Å². The highest BCUT2D eigenvalue weighted by Crippen LogP contribution is 2.30. The van der Waals surface area contributed by atoms with Crippen molar-refractivity contribution in [3.8, 4) is 17.3 Å². The minimum absolute atomic E-state index is 0.0904. The van der Waals surface area contributed by atoms with Crippen molar-refractivity contribution in [2.24, 2.45) is 0 Å². The molecule has 96 valence electrons. The van der Waals surface area contributed by atoms with Gasteiger partial charge in [0.25, 0.3) is 0 Å². The van der Waals surface area contributed by atoms with Gasteiger partial charge in [0, 0.05) is 6.20 Å². The fourth-order valence-electron chi connectivity index (χ4n) is 1.44. The van der Waals surface area contributed by atoms with Gasteiger partial charge in [0.15, 0.2) is 23.3 Å². The zero-order valence-electron chi connectivity index (χ0n) is 9.02. The van der Waals surface area contributed by atoms with Gasteiger partial charge in [-0.25, -0.2) is 22.0 Å². The summed E-state index contributed by atoms with van der Waals surface area (Å²) in [6, 6.07) is 3.86. The maximum atomic E-state index is 13.4. The summed E-state index contributed by atoms with van der Waals surface area (Å²) in [4.78, 5) is 3.50. The number of benzene rings is 1. The lowest BCUT2D eigenvalue weighted by Gasteiger charge is -2.07. The number of hydrogen-bond acceptors (Lipinski definition) is 2. The highest BCUT2D eigenvalue weighted by molar-refractivity contribution is 5.61. The molecule has 0 amide bonds. The highest BCUT2D eigenvalue weighted by atomic mass is 19.2. The lowest BCUT2D eigenvalue weighted by Crippen LogP contribution is -2.04. The van der Waals surface area contributed by atoms with E-state index in [2.05, 4.69) is 4.98 Å². The SMILES string of the molecule is N#Cc1ccc(-c2c(F)c(F)c(F)c(F)c2F)nc1. The van der Waals surface area contributed by atoms with Crippen molar-refractivity contribution in [1.82, 2.24) is 4.98 Å². The van der Waals surface area contributed by atoms with Crippen molar-refractivity contribution in [3.05, 3.63) is 53.0 Å². The number of pyridine rings is 1. The Morgan fingerprint density at radius 2 is 1.37 bits per heavy atom. The first-order valence-electron chi connectivity index (χ1n) is 4.85. The molecule has 2 aromatic rings. The number of nitriles is 1. The molecule has 2 rings (SSSR count). The first-order valence-corrected chi connectivity index (χ1v) is 4.85. The lowest BCUT2D eigenvalue weighted by atomic mass is 10.1. The zero-order valence-corrected chi connectivity index (χ0v) is 9.02. The smallest absolute Gasteiger partial charge is 0.200 e. The molecule has 0 aliphatic rings. The third-order valence-corrected chi connectivity index (χ3v) is 2.36. The average Bonchev–Trinajstić information content (AvgIpc) is 2.44. The molecule has 0 saturated heterocycles. The minimum Gasteiger partial charge on any atom is -0.255 e. The molecule has 0 radical (unpaired) electrons. The number of rotatable bonds is 1. The molecule has 0 N–H and O–H groups in total.